The standard InChI is InChI=1S/C28H34O/c1-3-5-6-7-21-8-9-23-18-24(11-10-22(23)17-21)25-12-13-27-20-28(29-16-4-2)15-14-26(27)19-25/h8-11,14-15,17-18,20,25H,3-7,12-13,16,19H2,1-2H3. The summed E-state index contributed by atoms with van der Waals surface area (Å²) in [6.45, 7) is 5.23. The highest BCUT2D eigenvalue weighted by Crippen LogP contribution is 2.35. The van der Waals surface area contributed by atoms with Gasteiger partial charge in [0.15, 0.2) is 0 Å². The van der Waals surface area contributed by atoms with Crippen molar-refractivity contribution in [3.05, 3.63) is 76.9 Å². The van der Waals surface area contributed by atoms with Crippen molar-refractivity contribution in [2.45, 2.75) is 71.1 Å². The normalized spacial score (nSPS) is 16.0. The van der Waals surface area contributed by atoms with Crippen LogP contribution < -0.4 is 4.74 Å². The van der Waals surface area contributed by atoms with Crippen LogP contribution in [0.4, 0.5) is 0 Å². The van der Waals surface area contributed by atoms with E-state index in [-0.39, 0.29) is 0 Å². The van der Waals surface area contributed by atoms with Crippen LogP contribution in [-0.4, -0.2) is 6.61 Å². The number of ether oxygens (including phenoxy) is 1. The van der Waals surface area contributed by atoms with Gasteiger partial charge >= 0.3 is 0 Å². The predicted molar refractivity (Wildman–Crippen MR) is 124 cm³/mol. The summed E-state index contributed by atoms with van der Waals surface area (Å²) in [6.07, 6.45) is 9.69. The Balaban J connectivity index is 1.48. The Labute approximate surface area is 176 Å². The van der Waals surface area contributed by atoms with Crippen LogP contribution in [-0.2, 0) is 19.3 Å². The summed E-state index contributed by atoms with van der Waals surface area (Å²) in [4.78, 5) is 0. The maximum Gasteiger partial charge on any atom is 0.119 e. The van der Waals surface area contributed by atoms with E-state index < -0.39 is 0 Å². The average Bonchev–Trinajstić information content (AvgIpc) is 2.77. The van der Waals surface area contributed by atoms with Crippen molar-refractivity contribution in [1.29, 1.82) is 0 Å². The van der Waals surface area contributed by atoms with Crippen LogP contribution >= 0.6 is 0 Å². The van der Waals surface area contributed by atoms with Crippen LogP contribution in [0.15, 0.2) is 54.6 Å². The number of fused-ring (bicyclic) bond motifs is 2. The quantitative estimate of drug-likeness (QED) is 0.362. The number of hydrogen-bond donors (Lipinski definition) is 0. The molecule has 152 valence electrons. The van der Waals surface area contributed by atoms with Crippen molar-refractivity contribution in [1.82, 2.24) is 0 Å². The van der Waals surface area contributed by atoms with E-state index in [0.717, 1.165) is 31.6 Å². The van der Waals surface area contributed by atoms with Gasteiger partial charge in [-0.05, 0) is 89.6 Å². The van der Waals surface area contributed by atoms with Crippen LogP contribution in [0.5, 0.6) is 5.75 Å². The minimum absolute atomic E-state index is 0.624. The van der Waals surface area contributed by atoms with Gasteiger partial charge in [-0.15, -0.1) is 0 Å². The van der Waals surface area contributed by atoms with Crippen LogP contribution in [0, 0.1) is 0 Å². The molecule has 0 fully saturated rings. The van der Waals surface area contributed by atoms with Gasteiger partial charge in [0.25, 0.3) is 0 Å². The topological polar surface area (TPSA) is 9.23 Å². The Hall–Kier alpha value is -2.28. The van der Waals surface area contributed by atoms with Gasteiger partial charge in [0.2, 0.25) is 0 Å². The number of benzene rings is 3. The molecule has 0 radical (unpaired) electrons. The summed E-state index contributed by atoms with van der Waals surface area (Å²) in [6, 6.07) is 20.9. The van der Waals surface area contributed by atoms with Gasteiger partial charge in [0.1, 0.15) is 5.75 Å². The van der Waals surface area contributed by atoms with Gasteiger partial charge in [-0.3, -0.25) is 0 Å². The first-order valence-corrected chi connectivity index (χ1v) is 11.5. The van der Waals surface area contributed by atoms with Gasteiger partial charge in [0, 0.05) is 0 Å². The maximum atomic E-state index is 5.82. The number of rotatable bonds is 8. The zero-order chi connectivity index (χ0) is 20.1. The number of unbranched alkanes of at least 4 members (excludes halogenated alkanes) is 2. The smallest absolute Gasteiger partial charge is 0.119 e. The van der Waals surface area contributed by atoms with E-state index >= 15 is 0 Å². The second kappa shape index (κ2) is 9.48. The molecule has 0 spiro atoms. The van der Waals surface area contributed by atoms with Crippen molar-refractivity contribution >= 4 is 10.8 Å². The molecule has 1 atom stereocenters. The molecule has 1 heteroatoms. The van der Waals surface area contributed by atoms with Gasteiger partial charge in [0.05, 0.1) is 6.61 Å². The SMILES string of the molecule is CCCCCc1ccc2cc(C3CCc4cc(OCCC)ccc4C3)ccc2c1. The second-order valence-corrected chi connectivity index (χ2v) is 8.62. The van der Waals surface area contributed by atoms with E-state index in [1.165, 1.54) is 65.1 Å². The molecule has 1 aliphatic carbocycles. The lowest BCUT2D eigenvalue weighted by Crippen LogP contribution is -2.13. The Morgan fingerprint density at radius 1 is 0.828 bits per heavy atom. The summed E-state index contributed by atoms with van der Waals surface area (Å²) in [5, 5.41) is 2.77. The summed E-state index contributed by atoms with van der Waals surface area (Å²) in [7, 11) is 0. The third-order valence-electron chi connectivity index (χ3n) is 6.35. The molecule has 0 N–H and O–H groups in total. The van der Waals surface area contributed by atoms with E-state index in [9.17, 15) is 0 Å². The second-order valence-electron chi connectivity index (χ2n) is 8.62. The van der Waals surface area contributed by atoms with E-state index in [2.05, 4.69) is 68.4 Å². The molecule has 1 nitrogen and oxygen atoms in total. The fraction of sp³-hybridized carbons (Fsp3) is 0.429. The molecule has 0 aromatic heterocycles. The zero-order valence-electron chi connectivity index (χ0n) is 18.0. The van der Waals surface area contributed by atoms with Crippen molar-refractivity contribution < 1.29 is 4.74 Å². The van der Waals surface area contributed by atoms with Crippen LogP contribution in [0.1, 0.15) is 74.1 Å². The van der Waals surface area contributed by atoms with Crippen molar-refractivity contribution in [3.8, 4) is 5.75 Å². The predicted octanol–water partition coefficient (Wildman–Crippen LogP) is 7.63. The zero-order valence-corrected chi connectivity index (χ0v) is 18.0. The van der Waals surface area contributed by atoms with Crippen LogP contribution in [0.3, 0.4) is 0 Å². The van der Waals surface area contributed by atoms with Crippen LogP contribution in [0.2, 0.25) is 0 Å². The lowest BCUT2D eigenvalue weighted by molar-refractivity contribution is 0.316. The van der Waals surface area contributed by atoms with Crippen molar-refractivity contribution in [2.24, 2.45) is 0 Å². The number of hydrogen-bond acceptors (Lipinski definition) is 1. The van der Waals surface area contributed by atoms with Crippen molar-refractivity contribution in [3.63, 3.8) is 0 Å². The monoisotopic (exact) mass is 386 g/mol. The molecule has 0 saturated heterocycles. The highest BCUT2D eigenvalue weighted by Gasteiger charge is 2.21. The Bertz CT molecular complexity index is 956. The lowest BCUT2D eigenvalue weighted by atomic mass is 9.79. The van der Waals surface area contributed by atoms with Crippen molar-refractivity contribution in [2.75, 3.05) is 6.61 Å². The molecule has 3 aromatic rings. The molecule has 4 rings (SSSR count). The highest BCUT2D eigenvalue weighted by molar-refractivity contribution is 5.84. The fourth-order valence-corrected chi connectivity index (χ4v) is 4.63. The molecule has 0 heterocycles. The minimum Gasteiger partial charge on any atom is -0.494 e. The Morgan fingerprint density at radius 2 is 1.69 bits per heavy atom. The molecule has 0 bridgehead atoms. The minimum atomic E-state index is 0.624. The molecular weight excluding hydrogens is 352 g/mol. The highest BCUT2D eigenvalue weighted by atomic mass is 16.5. The average molecular weight is 387 g/mol. The third-order valence-corrected chi connectivity index (χ3v) is 6.35. The Kier molecular flexibility index (Phi) is 6.54. The molecule has 1 unspecified atom stereocenters. The van der Waals surface area contributed by atoms with E-state index in [1.807, 2.05) is 0 Å². The van der Waals surface area contributed by atoms with Crippen LogP contribution in [0.25, 0.3) is 10.8 Å². The van der Waals surface area contributed by atoms with Gasteiger partial charge in [-0.2, -0.15) is 0 Å². The molecule has 0 amide bonds. The maximum absolute atomic E-state index is 5.82. The summed E-state index contributed by atoms with van der Waals surface area (Å²) < 4.78 is 5.82. The first-order chi connectivity index (χ1) is 14.3. The molecule has 29 heavy (non-hydrogen) atoms. The van der Waals surface area contributed by atoms with E-state index in [4.69, 9.17) is 4.74 Å². The molecule has 0 saturated carbocycles. The first kappa shape index (κ1) is 20.0. The largest absolute Gasteiger partial charge is 0.494 e. The molecular formula is C28H34O. The third kappa shape index (κ3) is 4.83. The molecule has 0 aliphatic heterocycles. The summed E-state index contributed by atoms with van der Waals surface area (Å²) in [5.74, 6) is 1.66. The molecule has 3 aromatic carbocycles. The lowest BCUT2D eigenvalue weighted by Gasteiger charge is -2.26. The fourth-order valence-electron chi connectivity index (χ4n) is 4.63. The summed E-state index contributed by atoms with van der Waals surface area (Å²) in [5.41, 5.74) is 5.95. The first-order valence-electron chi connectivity index (χ1n) is 11.5. The number of aryl methyl sites for hydroxylation is 2. The molecule has 1 aliphatic rings. The van der Waals surface area contributed by atoms with Gasteiger partial charge < -0.3 is 4.74 Å². The van der Waals surface area contributed by atoms with E-state index in [0.29, 0.717) is 5.92 Å². The van der Waals surface area contributed by atoms with E-state index in [1.54, 1.807) is 0 Å². The van der Waals surface area contributed by atoms with Gasteiger partial charge in [-0.25, -0.2) is 0 Å². The Morgan fingerprint density at radius 3 is 2.55 bits per heavy atom. The van der Waals surface area contributed by atoms with Gasteiger partial charge in [-0.1, -0.05) is 69.2 Å². The summed E-state index contributed by atoms with van der Waals surface area (Å²) >= 11 is 0.